The minimum atomic E-state index is -0.142. The summed E-state index contributed by atoms with van der Waals surface area (Å²) in [4.78, 5) is 21.7. The number of rotatable bonds is 7. The number of amides is 1. The number of carbonyl (C=O) groups excluding carboxylic acids is 1. The van der Waals surface area contributed by atoms with E-state index in [1.807, 2.05) is 59.1 Å². The third kappa shape index (κ3) is 3.63. The lowest BCUT2D eigenvalue weighted by Gasteiger charge is -2.02. The maximum atomic E-state index is 12.7. The SMILES string of the molecule is O=C(NCCCc1nc(-c2ccccc2)no1)c1nc(C2CC2)n2ccccc12. The van der Waals surface area contributed by atoms with Crippen molar-refractivity contribution < 1.29 is 9.32 Å². The van der Waals surface area contributed by atoms with Crippen LogP contribution in [0, 0.1) is 0 Å². The molecule has 0 aliphatic heterocycles. The number of carbonyl (C=O) groups is 1. The first-order chi connectivity index (χ1) is 14.3. The van der Waals surface area contributed by atoms with Crippen molar-refractivity contribution in [2.45, 2.75) is 31.6 Å². The fraction of sp³-hybridized carbons (Fsp3) is 0.273. The molecule has 4 aromatic rings. The van der Waals surface area contributed by atoms with Crippen LogP contribution in [0.1, 0.15) is 47.4 Å². The Kier molecular flexibility index (Phi) is 4.56. The number of benzene rings is 1. The average Bonchev–Trinajstić information content (AvgIpc) is 3.37. The predicted octanol–water partition coefficient (Wildman–Crippen LogP) is 3.62. The van der Waals surface area contributed by atoms with Crippen molar-refractivity contribution in [3.63, 3.8) is 0 Å². The van der Waals surface area contributed by atoms with Gasteiger partial charge in [-0.3, -0.25) is 4.79 Å². The van der Waals surface area contributed by atoms with Gasteiger partial charge in [-0.1, -0.05) is 41.6 Å². The molecular weight excluding hydrogens is 366 g/mol. The molecule has 1 aliphatic carbocycles. The number of aryl methyl sites for hydroxylation is 1. The molecule has 3 aromatic heterocycles. The largest absolute Gasteiger partial charge is 0.351 e. The normalized spacial score (nSPS) is 13.7. The van der Waals surface area contributed by atoms with Crippen LogP contribution in [-0.4, -0.2) is 32.0 Å². The standard InChI is InChI=1S/C22H21N5O2/c28-22(19-17-9-4-5-14-27(17)21(25-19)16-11-12-16)23-13-6-10-18-24-20(26-29-18)15-7-2-1-3-8-15/h1-5,7-9,14,16H,6,10-13H2,(H,23,28). The van der Waals surface area contributed by atoms with E-state index >= 15 is 0 Å². The zero-order chi connectivity index (χ0) is 19.6. The van der Waals surface area contributed by atoms with Crippen molar-refractivity contribution in [3.05, 3.63) is 72.1 Å². The van der Waals surface area contributed by atoms with Crippen molar-refractivity contribution in [2.24, 2.45) is 0 Å². The van der Waals surface area contributed by atoms with E-state index in [4.69, 9.17) is 4.52 Å². The molecule has 0 bridgehead atoms. The number of hydrogen-bond donors (Lipinski definition) is 1. The number of imidazole rings is 1. The lowest BCUT2D eigenvalue weighted by atomic mass is 10.2. The smallest absolute Gasteiger partial charge is 0.272 e. The summed E-state index contributed by atoms with van der Waals surface area (Å²) in [7, 11) is 0. The van der Waals surface area contributed by atoms with Crippen molar-refractivity contribution in [1.82, 2.24) is 24.8 Å². The van der Waals surface area contributed by atoms with Gasteiger partial charge >= 0.3 is 0 Å². The molecule has 146 valence electrons. The number of fused-ring (bicyclic) bond motifs is 1. The molecule has 1 saturated carbocycles. The zero-order valence-corrected chi connectivity index (χ0v) is 15.9. The monoisotopic (exact) mass is 387 g/mol. The number of nitrogens with zero attached hydrogens (tertiary/aromatic N) is 4. The van der Waals surface area contributed by atoms with Crippen LogP contribution in [0.15, 0.2) is 59.3 Å². The maximum absolute atomic E-state index is 12.7. The average molecular weight is 387 g/mol. The molecule has 7 nitrogen and oxygen atoms in total. The molecule has 1 aromatic carbocycles. The first kappa shape index (κ1) is 17.6. The lowest BCUT2D eigenvalue weighted by Crippen LogP contribution is -2.25. The highest BCUT2D eigenvalue weighted by Gasteiger charge is 2.30. The summed E-state index contributed by atoms with van der Waals surface area (Å²) >= 11 is 0. The molecule has 1 N–H and O–H groups in total. The molecule has 1 fully saturated rings. The van der Waals surface area contributed by atoms with Gasteiger partial charge in [0.05, 0.1) is 5.52 Å². The summed E-state index contributed by atoms with van der Waals surface area (Å²) < 4.78 is 7.35. The van der Waals surface area contributed by atoms with Crippen LogP contribution < -0.4 is 5.32 Å². The van der Waals surface area contributed by atoms with Crippen LogP contribution in [0.3, 0.4) is 0 Å². The third-order valence-corrected chi connectivity index (χ3v) is 5.09. The number of nitrogens with one attached hydrogen (secondary N) is 1. The van der Waals surface area contributed by atoms with E-state index in [1.165, 1.54) is 0 Å². The van der Waals surface area contributed by atoms with Gasteiger partial charge in [0.15, 0.2) is 5.69 Å². The van der Waals surface area contributed by atoms with Gasteiger partial charge in [-0.2, -0.15) is 4.98 Å². The summed E-state index contributed by atoms with van der Waals surface area (Å²) in [6.45, 7) is 0.520. The highest BCUT2D eigenvalue weighted by Crippen LogP contribution is 2.39. The maximum Gasteiger partial charge on any atom is 0.272 e. The molecule has 1 aliphatic rings. The number of aromatic nitrogens is 4. The Morgan fingerprint density at radius 2 is 1.93 bits per heavy atom. The highest BCUT2D eigenvalue weighted by atomic mass is 16.5. The van der Waals surface area contributed by atoms with Crippen LogP contribution in [0.5, 0.6) is 0 Å². The summed E-state index contributed by atoms with van der Waals surface area (Å²) in [5, 5.41) is 6.99. The van der Waals surface area contributed by atoms with E-state index in [2.05, 4.69) is 20.4 Å². The summed E-state index contributed by atoms with van der Waals surface area (Å²) in [6, 6.07) is 15.6. The van der Waals surface area contributed by atoms with E-state index in [1.54, 1.807) is 0 Å². The molecule has 0 spiro atoms. The van der Waals surface area contributed by atoms with Gasteiger partial charge in [0.2, 0.25) is 11.7 Å². The van der Waals surface area contributed by atoms with Crippen molar-refractivity contribution in [1.29, 1.82) is 0 Å². The third-order valence-electron chi connectivity index (χ3n) is 5.09. The summed E-state index contributed by atoms with van der Waals surface area (Å²) in [6.07, 6.45) is 5.59. The topological polar surface area (TPSA) is 85.3 Å². The molecule has 0 radical (unpaired) electrons. The Labute approximate surface area is 167 Å². The van der Waals surface area contributed by atoms with E-state index in [-0.39, 0.29) is 5.91 Å². The fourth-order valence-electron chi connectivity index (χ4n) is 3.44. The quantitative estimate of drug-likeness (QED) is 0.490. The molecule has 0 atom stereocenters. The van der Waals surface area contributed by atoms with Gasteiger partial charge in [0.25, 0.3) is 5.91 Å². The Bertz CT molecular complexity index is 1140. The van der Waals surface area contributed by atoms with Gasteiger partial charge in [-0.05, 0) is 31.4 Å². The Morgan fingerprint density at radius 3 is 2.76 bits per heavy atom. The summed E-state index contributed by atoms with van der Waals surface area (Å²) in [5.74, 6) is 2.48. The Morgan fingerprint density at radius 1 is 1.10 bits per heavy atom. The van der Waals surface area contributed by atoms with Crippen LogP contribution >= 0.6 is 0 Å². The van der Waals surface area contributed by atoms with E-state index < -0.39 is 0 Å². The number of hydrogen-bond acceptors (Lipinski definition) is 5. The van der Waals surface area contributed by atoms with Crippen molar-refractivity contribution in [2.75, 3.05) is 6.54 Å². The lowest BCUT2D eigenvalue weighted by molar-refractivity contribution is 0.0950. The van der Waals surface area contributed by atoms with E-state index in [0.29, 0.717) is 42.7 Å². The number of pyridine rings is 1. The van der Waals surface area contributed by atoms with Gasteiger partial charge in [0, 0.05) is 30.6 Å². The van der Waals surface area contributed by atoms with Crippen LogP contribution in [-0.2, 0) is 6.42 Å². The molecule has 29 heavy (non-hydrogen) atoms. The van der Waals surface area contributed by atoms with Crippen LogP contribution in [0.25, 0.3) is 16.9 Å². The second-order valence-corrected chi connectivity index (χ2v) is 7.29. The molecule has 7 heteroatoms. The van der Waals surface area contributed by atoms with Crippen molar-refractivity contribution in [3.8, 4) is 11.4 Å². The molecular formula is C22H21N5O2. The second-order valence-electron chi connectivity index (χ2n) is 7.29. The zero-order valence-electron chi connectivity index (χ0n) is 15.9. The van der Waals surface area contributed by atoms with Crippen molar-refractivity contribution >= 4 is 11.4 Å². The summed E-state index contributed by atoms with van der Waals surface area (Å²) in [5.41, 5.74) is 2.28. The molecule has 0 unspecified atom stereocenters. The van der Waals surface area contributed by atoms with Gasteiger partial charge < -0.3 is 14.2 Å². The van der Waals surface area contributed by atoms with Crippen LogP contribution in [0.2, 0.25) is 0 Å². The Hall–Kier alpha value is -3.48. The van der Waals surface area contributed by atoms with Crippen LogP contribution in [0.4, 0.5) is 0 Å². The van der Waals surface area contributed by atoms with Gasteiger partial charge in [-0.15, -0.1) is 0 Å². The fourth-order valence-corrected chi connectivity index (χ4v) is 3.44. The Balaban J connectivity index is 1.19. The van der Waals surface area contributed by atoms with E-state index in [9.17, 15) is 4.79 Å². The second kappa shape index (κ2) is 7.50. The first-order valence-corrected chi connectivity index (χ1v) is 9.93. The van der Waals surface area contributed by atoms with Gasteiger partial charge in [0.1, 0.15) is 5.82 Å². The molecule has 3 heterocycles. The highest BCUT2D eigenvalue weighted by molar-refractivity contribution is 5.99. The minimum Gasteiger partial charge on any atom is -0.351 e. The molecule has 5 rings (SSSR count). The van der Waals surface area contributed by atoms with E-state index in [0.717, 1.165) is 29.7 Å². The molecule has 0 saturated heterocycles. The first-order valence-electron chi connectivity index (χ1n) is 9.93. The van der Waals surface area contributed by atoms with Gasteiger partial charge in [-0.25, -0.2) is 4.98 Å². The predicted molar refractivity (Wildman–Crippen MR) is 108 cm³/mol. The molecule has 1 amide bonds. The minimum absolute atomic E-state index is 0.142.